The van der Waals surface area contributed by atoms with E-state index in [1.807, 2.05) is 6.92 Å². The van der Waals surface area contributed by atoms with Gasteiger partial charge in [-0.05, 0) is 37.6 Å². The summed E-state index contributed by atoms with van der Waals surface area (Å²) >= 11 is 0. The molecule has 2 rings (SSSR count). The molecule has 7 heteroatoms. The minimum Gasteiger partial charge on any atom is -0.497 e. The average molecular weight is 405 g/mol. The molecule has 0 saturated carbocycles. The van der Waals surface area contributed by atoms with E-state index < -0.39 is 10.0 Å². The number of aryl methyl sites for hydroxylation is 1. The quantitative estimate of drug-likeness (QED) is 0.615. The lowest BCUT2D eigenvalue weighted by molar-refractivity contribution is -0.119. The van der Waals surface area contributed by atoms with Gasteiger partial charge in [0.25, 0.3) is 10.0 Å². The number of unbranched alkanes of at least 4 members (excludes halogenated alkanes) is 2. The van der Waals surface area contributed by atoms with Crippen molar-refractivity contribution in [3.8, 4) is 5.75 Å². The summed E-state index contributed by atoms with van der Waals surface area (Å²) in [6, 6.07) is 13.3. The van der Waals surface area contributed by atoms with Crippen LogP contribution in [0.2, 0.25) is 0 Å². The van der Waals surface area contributed by atoms with Gasteiger partial charge in [-0.25, -0.2) is 8.42 Å². The third-order valence-corrected chi connectivity index (χ3v) is 6.13. The molecular formula is C21H28N2O4S. The molecule has 6 nitrogen and oxygen atoms in total. The van der Waals surface area contributed by atoms with E-state index >= 15 is 0 Å². The molecule has 0 heterocycles. The molecule has 0 atom stereocenters. The Bertz CT molecular complexity index is 880. The SMILES string of the molecule is CCCCCNC(=O)CN(c1cccc(OC)c1)S(=O)(=O)c1ccc(C)cc1. The zero-order valence-corrected chi connectivity index (χ0v) is 17.5. The molecule has 0 radical (unpaired) electrons. The van der Waals surface area contributed by atoms with Gasteiger partial charge in [0, 0.05) is 12.6 Å². The molecule has 0 aromatic heterocycles. The third-order valence-electron chi connectivity index (χ3n) is 4.34. The number of carbonyl (C=O) groups is 1. The highest BCUT2D eigenvalue weighted by molar-refractivity contribution is 7.92. The van der Waals surface area contributed by atoms with E-state index in [0.717, 1.165) is 29.1 Å². The van der Waals surface area contributed by atoms with E-state index in [1.165, 1.54) is 7.11 Å². The van der Waals surface area contributed by atoms with Crippen LogP contribution >= 0.6 is 0 Å². The summed E-state index contributed by atoms with van der Waals surface area (Å²) in [5, 5.41) is 2.80. The van der Waals surface area contributed by atoms with E-state index in [4.69, 9.17) is 4.74 Å². The lowest BCUT2D eigenvalue weighted by Crippen LogP contribution is -2.41. The van der Waals surface area contributed by atoms with Crippen LogP contribution in [-0.2, 0) is 14.8 Å². The highest BCUT2D eigenvalue weighted by Crippen LogP contribution is 2.27. The van der Waals surface area contributed by atoms with Crippen LogP contribution in [0.25, 0.3) is 0 Å². The fraction of sp³-hybridized carbons (Fsp3) is 0.381. The summed E-state index contributed by atoms with van der Waals surface area (Å²) < 4.78 is 32.9. The Balaban J connectivity index is 2.32. The van der Waals surface area contributed by atoms with Gasteiger partial charge in [-0.1, -0.05) is 43.5 Å². The molecule has 152 valence electrons. The molecule has 0 aliphatic heterocycles. The largest absolute Gasteiger partial charge is 0.497 e. The van der Waals surface area contributed by atoms with E-state index in [2.05, 4.69) is 12.2 Å². The summed E-state index contributed by atoms with van der Waals surface area (Å²) in [7, 11) is -2.40. The Hall–Kier alpha value is -2.54. The van der Waals surface area contributed by atoms with E-state index in [0.29, 0.717) is 18.0 Å². The predicted octanol–water partition coefficient (Wildman–Crippen LogP) is 3.51. The first kappa shape index (κ1) is 21.8. The van der Waals surface area contributed by atoms with Crippen LogP contribution in [0.4, 0.5) is 5.69 Å². The first-order valence-corrected chi connectivity index (χ1v) is 10.8. The first-order valence-electron chi connectivity index (χ1n) is 9.38. The number of ether oxygens (including phenoxy) is 1. The van der Waals surface area contributed by atoms with Crippen molar-refractivity contribution in [2.75, 3.05) is 24.5 Å². The maximum Gasteiger partial charge on any atom is 0.264 e. The van der Waals surface area contributed by atoms with Gasteiger partial charge < -0.3 is 10.1 Å². The number of benzene rings is 2. The number of anilines is 1. The van der Waals surface area contributed by atoms with Gasteiger partial charge in [0.2, 0.25) is 5.91 Å². The highest BCUT2D eigenvalue weighted by atomic mass is 32.2. The molecule has 2 aromatic rings. The number of amides is 1. The van der Waals surface area contributed by atoms with Crippen molar-refractivity contribution in [2.24, 2.45) is 0 Å². The topological polar surface area (TPSA) is 75.7 Å². The molecule has 1 N–H and O–H groups in total. The Labute approximate surface area is 167 Å². The van der Waals surface area contributed by atoms with Crippen molar-refractivity contribution in [1.29, 1.82) is 0 Å². The number of nitrogens with zero attached hydrogens (tertiary/aromatic N) is 1. The number of hydrogen-bond acceptors (Lipinski definition) is 4. The lowest BCUT2D eigenvalue weighted by atomic mass is 10.2. The monoisotopic (exact) mass is 404 g/mol. The summed E-state index contributed by atoms with van der Waals surface area (Å²) in [5.41, 5.74) is 1.34. The molecule has 0 fully saturated rings. The van der Waals surface area contributed by atoms with E-state index in [9.17, 15) is 13.2 Å². The Kier molecular flexibility index (Phi) is 7.87. The molecule has 0 saturated heterocycles. The maximum atomic E-state index is 13.3. The average Bonchev–Trinajstić information content (AvgIpc) is 2.69. The van der Waals surface area contributed by atoms with Crippen molar-refractivity contribution in [1.82, 2.24) is 5.32 Å². The second-order valence-electron chi connectivity index (χ2n) is 6.58. The number of rotatable bonds is 10. The molecule has 0 unspecified atom stereocenters. The van der Waals surface area contributed by atoms with Crippen molar-refractivity contribution in [2.45, 2.75) is 38.0 Å². The standard InChI is InChI=1S/C21H28N2O4S/c1-4-5-6-14-22-21(24)16-23(18-8-7-9-19(15-18)27-3)28(25,26)20-12-10-17(2)11-13-20/h7-13,15H,4-6,14,16H2,1-3H3,(H,22,24). The zero-order chi connectivity index (χ0) is 20.6. The molecular weight excluding hydrogens is 376 g/mol. The number of hydrogen-bond donors (Lipinski definition) is 1. The van der Waals surface area contributed by atoms with Crippen LogP contribution < -0.4 is 14.4 Å². The number of sulfonamides is 1. The normalized spacial score (nSPS) is 11.1. The van der Waals surface area contributed by atoms with Gasteiger partial charge in [0.1, 0.15) is 12.3 Å². The number of methoxy groups -OCH3 is 1. The molecule has 28 heavy (non-hydrogen) atoms. The van der Waals surface area contributed by atoms with Gasteiger partial charge in [0.05, 0.1) is 17.7 Å². The second-order valence-corrected chi connectivity index (χ2v) is 8.45. The molecule has 0 bridgehead atoms. The van der Waals surface area contributed by atoms with E-state index in [-0.39, 0.29) is 17.3 Å². The Morgan fingerprint density at radius 3 is 2.46 bits per heavy atom. The minimum atomic E-state index is -3.91. The van der Waals surface area contributed by atoms with Crippen LogP contribution in [-0.4, -0.2) is 34.5 Å². The first-order chi connectivity index (χ1) is 13.4. The predicted molar refractivity (Wildman–Crippen MR) is 111 cm³/mol. The van der Waals surface area contributed by atoms with Crippen LogP contribution in [0, 0.1) is 6.92 Å². The Morgan fingerprint density at radius 2 is 1.82 bits per heavy atom. The van der Waals surface area contributed by atoms with Crippen molar-refractivity contribution in [3.63, 3.8) is 0 Å². The number of carbonyl (C=O) groups excluding carboxylic acids is 1. The van der Waals surface area contributed by atoms with Gasteiger partial charge in [-0.2, -0.15) is 0 Å². The van der Waals surface area contributed by atoms with Crippen molar-refractivity contribution < 1.29 is 17.9 Å². The van der Waals surface area contributed by atoms with Gasteiger partial charge in [-0.15, -0.1) is 0 Å². The van der Waals surface area contributed by atoms with Crippen LogP contribution in [0.3, 0.4) is 0 Å². The van der Waals surface area contributed by atoms with Crippen LogP contribution in [0.1, 0.15) is 31.7 Å². The summed E-state index contributed by atoms with van der Waals surface area (Å²) in [6.45, 7) is 4.21. The van der Waals surface area contributed by atoms with Crippen molar-refractivity contribution in [3.05, 3.63) is 54.1 Å². The van der Waals surface area contributed by atoms with Gasteiger partial charge >= 0.3 is 0 Å². The summed E-state index contributed by atoms with van der Waals surface area (Å²) in [4.78, 5) is 12.6. The smallest absolute Gasteiger partial charge is 0.264 e. The summed E-state index contributed by atoms with van der Waals surface area (Å²) in [5.74, 6) is 0.180. The fourth-order valence-electron chi connectivity index (χ4n) is 2.71. The van der Waals surface area contributed by atoms with E-state index in [1.54, 1.807) is 48.5 Å². The Morgan fingerprint density at radius 1 is 1.11 bits per heavy atom. The third kappa shape index (κ3) is 5.73. The lowest BCUT2D eigenvalue weighted by Gasteiger charge is -2.24. The molecule has 1 amide bonds. The van der Waals surface area contributed by atoms with Crippen molar-refractivity contribution >= 4 is 21.6 Å². The minimum absolute atomic E-state index is 0.139. The summed E-state index contributed by atoms with van der Waals surface area (Å²) in [6.07, 6.45) is 2.93. The maximum absolute atomic E-state index is 13.3. The highest BCUT2D eigenvalue weighted by Gasteiger charge is 2.27. The van der Waals surface area contributed by atoms with Gasteiger partial charge in [-0.3, -0.25) is 9.10 Å². The molecule has 2 aromatic carbocycles. The zero-order valence-electron chi connectivity index (χ0n) is 16.6. The molecule has 0 aliphatic carbocycles. The number of nitrogens with one attached hydrogen (secondary N) is 1. The van der Waals surface area contributed by atoms with Gasteiger partial charge in [0.15, 0.2) is 0 Å². The molecule has 0 aliphatic rings. The molecule has 0 spiro atoms. The fourth-order valence-corrected chi connectivity index (χ4v) is 4.12. The van der Waals surface area contributed by atoms with Crippen LogP contribution in [0.5, 0.6) is 5.75 Å². The second kappa shape index (κ2) is 10.1. The van der Waals surface area contributed by atoms with Crippen LogP contribution in [0.15, 0.2) is 53.4 Å².